The molecule has 3 heterocycles. The SMILES string of the molecule is Cc1nc(N2CCCCC2)c2c(n1)[nH]c1ccc(C(N)=O)cc12. The molecule has 118 valence electrons. The number of rotatable bonds is 2. The van der Waals surface area contributed by atoms with Gasteiger partial charge in [0, 0.05) is 29.6 Å². The van der Waals surface area contributed by atoms with E-state index in [0.29, 0.717) is 5.56 Å². The van der Waals surface area contributed by atoms with E-state index in [1.807, 2.05) is 19.1 Å². The number of H-pyrrole nitrogens is 1. The number of anilines is 1. The highest BCUT2D eigenvalue weighted by Gasteiger charge is 2.20. The van der Waals surface area contributed by atoms with Gasteiger partial charge in [-0.25, -0.2) is 9.97 Å². The standard InChI is InChI=1S/C17H19N5O/c1-10-19-16-14(17(20-10)22-7-3-2-4-8-22)12-9-11(15(18)23)5-6-13(12)21-16/h5-6,9H,2-4,7-8H2,1H3,(H2,18,23)(H,19,20,21). The van der Waals surface area contributed by atoms with Crippen molar-refractivity contribution >= 4 is 33.7 Å². The molecule has 3 N–H and O–H groups in total. The third-order valence-electron chi connectivity index (χ3n) is 4.48. The molecule has 1 fully saturated rings. The zero-order valence-corrected chi connectivity index (χ0v) is 13.1. The van der Waals surface area contributed by atoms with Crippen LogP contribution < -0.4 is 10.6 Å². The van der Waals surface area contributed by atoms with Crippen LogP contribution in [-0.4, -0.2) is 33.9 Å². The monoisotopic (exact) mass is 309 g/mol. The molecular weight excluding hydrogens is 290 g/mol. The Morgan fingerprint density at radius 3 is 2.74 bits per heavy atom. The molecule has 0 atom stereocenters. The number of piperidine rings is 1. The fraction of sp³-hybridized carbons (Fsp3) is 0.353. The number of nitrogens with zero attached hydrogens (tertiary/aromatic N) is 3. The van der Waals surface area contributed by atoms with E-state index in [2.05, 4.69) is 14.9 Å². The van der Waals surface area contributed by atoms with Crippen molar-refractivity contribution < 1.29 is 4.79 Å². The van der Waals surface area contributed by atoms with Crippen molar-refractivity contribution in [3.63, 3.8) is 0 Å². The number of benzene rings is 1. The minimum Gasteiger partial charge on any atom is -0.366 e. The van der Waals surface area contributed by atoms with Crippen molar-refractivity contribution in [1.82, 2.24) is 15.0 Å². The van der Waals surface area contributed by atoms with Gasteiger partial charge in [0.2, 0.25) is 5.91 Å². The first-order valence-corrected chi connectivity index (χ1v) is 7.98. The molecule has 0 saturated carbocycles. The smallest absolute Gasteiger partial charge is 0.248 e. The van der Waals surface area contributed by atoms with E-state index in [1.54, 1.807) is 6.07 Å². The van der Waals surface area contributed by atoms with Gasteiger partial charge >= 0.3 is 0 Å². The minimum absolute atomic E-state index is 0.422. The molecule has 23 heavy (non-hydrogen) atoms. The molecule has 1 aromatic carbocycles. The molecular formula is C17H19N5O. The summed E-state index contributed by atoms with van der Waals surface area (Å²) in [4.78, 5) is 26.4. The van der Waals surface area contributed by atoms with Gasteiger partial charge in [-0.15, -0.1) is 0 Å². The lowest BCUT2D eigenvalue weighted by Gasteiger charge is -2.28. The Balaban J connectivity index is 2.01. The number of aromatic nitrogens is 3. The topological polar surface area (TPSA) is 87.9 Å². The van der Waals surface area contributed by atoms with Crippen LogP contribution in [0.3, 0.4) is 0 Å². The molecule has 1 saturated heterocycles. The molecule has 0 radical (unpaired) electrons. The third-order valence-corrected chi connectivity index (χ3v) is 4.48. The average Bonchev–Trinajstić information content (AvgIpc) is 2.91. The number of hydrogen-bond donors (Lipinski definition) is 2. The fourth-order valence-corrected chi connectivity index (χ4v) is 3.37. The maximum Gasteiger partial charge on any atom is 0.248 e. The highest BCUT2D eigenvalue weighted by Crippen LogP contribution is 2.33. The second-order valence-corrected chi connectivity index (χ2v) is 6.12. The molecule has 4 rings (SSSR count). The summed E-state index contributed by atoms with van der Waals surface area (Å²) >= 11 is 0. The third kappa shape index (κ3) is 2.30. The molecule has 0 bridgehead atoms. The van der Waals surface area contributed by atoms with Crippen LogP contribution in [-0.2, 0) is 0 Å². The molecule has 1 amide bonds. The van der Waals surface area contributed by atoms with Gasteiger partial charge in [0.25, 0.3) is 0 Å². The summed E-state index contributed by atoms with van der Waals surface area (Å²) in [5.41, 5.74) is 7.70. The summed E-state index contributed by atoms with van der Waals surface area (Å²) in [5, 5.41) is 1.94. The zero-order chi connectivity index (χ0) is 16.0. The molecule has 1 aliphatic rings. The van der Waals surface area contributed by atoms with Crippen LogP contribution in [0.2, 0.25) is 0 Å². The minimum atomic E-state index is -0.422. The van der Waals surface area contributed by atoms with Gasteiger partial charge in [-0.1, -0.05) is 0 Å². The lowest BCUT2D eigenvalue weighted by atomic mass is 10.1. The van der Waals surface area contributed by atoms with Crippen molar-refractivity contribution in [3.8, 4) is 0 Å². The van der Waals surface area contributed by atoms with Gasteiger partial charge in [0.05, 0.1) is 5.39 Å². The number of hydrogen-bond acceptors (Lipinski definition) is 4. The Hall–Kier alpha value is -2.63. The van der Waals surface area contributed by atoms with Crippen LogP contribution in [0.25, 0.3) is 21.9 Å². The first-order valence-electron chi connectivity index (χ1n) is 7.98. The summed E-state index contributed by atoms with van der Waals surface area (Å²) in [6.45, 7) is 3.93. The first kappa shape index (κ1) is 14.0. The lowest BCUT2D eigenvalue weighted by molar-refractivity contribution is 0.100. The van der Waals surface area contributed by atoms with E-state index in [1.165, 1.54) is 19.3 Å². The van der Waals surface area contributed by atoms with Crippen molar-refractivity contribution in [1.29, 1.82) is 0 Å². The van der Waals surface area contributed by atoms with Crippen molar-refractivity contribution in [2.75, 3.05) is 18.0 Å². The number of primary amides is 1. The molecule has 1 aliphatic heterocycles. The summed E-state index contributed by atoms with van der Waals surface area (Å²) in [7, 11) is 0. The van der Waals surface area contributed by atoms with Crippen LogP contribution in [0.15, 0.2) is 18.2 Å². The van der Waals surface area contributed by atoms with Crippen molar-refractivity contribution in [2.24, 2.45) is 5.73 Å². The normalized spacial score (nSPS) is 15.4. The quantitative estimate of drug-likeness (QED) is 0.761. The van der Waals surface area contributed by atoms with E-state index in [9.17, 15) is 4.79 Å². The lowest BCUT2D eigenvalue weighted by Crippen LogP contribution is -2.30. The van der Waals surface area contributed by atoms with Crippen LogP contribution >= 0.6 is 0 Å². The Morgan fingerprint density at radius 1 is 1.22 bits per heavy atom. The van der Waals surface area contributed by atoms with Gasteiger partial charge in [0.15, 0.2) is 0 Å². The number of aromatic amines is 1. The summed E-state index contributed by atoms with van der Waals surface area (Å²) in [6, 6.07) is 5.45. The number of nitrogens with two attached hydrogens (primary N) is 1. The van der Waals surface area contributed by atoms with Gasteiger partial charge in [-0.05, 0) is 44.4 Å². The number of carbonyl (C=O) groups is 1. The molecule has 6 heteroatoms. The highest BCUT2D eigenvalue weighted by molar-refractivity contribution is 6.13. The predicted octanol–water partition coefficient (Wildman–Crippen LogP) is 2.51. The Kier molecular flexibility index (Phi) is 3.18. The summed E-state index contributed by atoms with van der Waals surface area (Å²) in [6.07, 6.45) is 3.63. The van der Waals surface area contributed by atoms with E-state index in [-0.39, 0.29) is 0 Å². The maximum absolute atomic E-state index is 11.5. The van der Waals surface area contributed by atoms with E-state index >= 15 is 0 Å². The van der Waals surface area contributed by atoms with Gasteiger partial charge < -0.3 is 15.6 Å². The van der Waals surface area contributed by atoms with E-state index in [0.717, 1.165) is 46.7 Å². The number of fused-ring (bicyclic) bond motifs is 3. The second-order valence-electron chi connectivity index (χ2n) is 6.12. The molecule has 3 aromatic rings. The molecule has 6 nitrogen and oxygen atoms in total. The predicted molar refractivity (Wildman–Crippen MR) is 90.7 cm³/mol. The maximum atomic E-state index is 11.5. The number of aryl methyl sites for hydroxylation is 1. The van der Waals surface area contributed by atoms with Crippen LogP contribution in [0.5, 0.6) is 0 Å². The molecule has 2 aromatic heterocycles. The Labute approximate surface area is 133 Å². The Morgan fingerprint density at radius 2 is 2.00 bits per heavy atom. The second kappa shape index (κ2) is 5.22. The molecule has 0 aliphatic carbocycles. The highest BCUT2D eigenvalue weighted by atomic mass is 16.1. The largest absolute Gasteiger partial charge is 0.366 e. The van der Waals surface area contributed by atoms with Crippen LogP contribution in [0.4, 0.5) is 5.82 Å². The molecule has 0 unspecified atom stereocenters. The van der Waals surface area contributed by atoms with Crippen LogP contribution in [0, 0.1) is 6.92 Å². The number of amides is 1. The van der Waals surface area contributed by atoms with Gasteiger partial charge in [-0.2, -0.15) is 0 Å². The zero-order valence-electron chi connectivity index (χ0n) is 13.1. The number of nitrogens with one attached hydrogen (secondary N) is 1. The number of carbonyl (C=O) groups excluding carboxylic acids is 1. The average molecular weight is 309 g/mol. The summed E-state index contributed by atoms with van der Waals surface area (Å²) in [5.74, 6) is 1.29. The van der Waals surface area contributed by atoms with Gasteiger partial charge in [0.1, 0.15) is 17.3 Å². The molecule has 0 spiro atoms. The fourth-order valence-electron chi connectivity index (χ4n) is 3.37. The van der Waals surface area contributed by atoms with Crippen molar-refractivity contribution in [2.45, 2.75) is 26.2 Å². The van der Waals surface area contributed by atoms with E-state index < -0.39 is 5.91 Å². The van der Waals surface area contributed by atoms with Crippen molar-refractivity contribution in [3.05, 3.63) is 29.6 Å². The summed E-state index contributed by atoms with van der Waals surface area (Å²) < 4.78 is 0. The van der Waals surface area contributed by atoms with E-state index in [4.69, 9.17) is 10.7 Å². The Bertz CT molecular complexity index is 908. The first-order chi connectivity index (χ1) is 11.1. The van der Waals surface area contributed by atoms with Crippen LogP contribution in [0.1, 0.15) is 35.4 Å². The van der Waals surface area contributed by atoms with Gasteiger partial charge in [-0.3, -0.25) is 4.79 Å².